The molecule has 4 heteroatoms. The number of hydrogen-bond acceptors (Lipinski definition) is 4. The number of benzene rings is 4. The lowest BCUT2D eigenvalue weighted by Crippen LogP contribution is -1.85. The van der Waals surface area contributed by atoms with Gasteiger partial charge in [-0.25, -0.2) is 4.98 Å². The van der Waals surface area contributed by atoms with E-state index < -0.39 is 0 Å². The summed E-state index contributed by atoms with van der Waals surface area (Å²) in [5.74, 6) is 0.808. The molecule has 1 aromatic heterocycles. The van der Waals surface area contributed by atoms with Crippen LogP contribution in [0.15, 0.2) is 88.3 Å². The number of phenols is 1. The van der Waals surface area contributed by atoms with Gasteiger partial charge in [0.1, 0.15) is 11.3 Å². The van der Waals surface area contributed by atoms with Crippen molar-refractivity contribution in [2.24, 2.45) is 4.99 Å². The number of oxazole rings is 1. The van der Waals surface area contributed by atoms with E-state index in [1.807, 2.05) is 79.7 Å². The molecule has 0 aliphatic heterocycles. The average Bonchev–Trinajstić information content (AvgIpc) is 3.19. The predicted molar refractivity (Wildman–Crippen MR) is 117 cm³/mol. The van der Waals surface area contributed by atoms with Crippen LogP contribution in [0.2, 0.25) is 0 Å². The molecule has 4 nitrogen and oxygen atoms in total. The van der Waals surface area contributed by atoms with Gasteiger partial charge >= 0.3 is 0 Å². The molecule has 140 valence electrons. The van der Waals surface area contributed by atoms with Crippen molar-refractivity contribution in [3.05, 3.63) is 90.0 Å². The first-order valence-corrected chi connectivity index (χ1v) is 9.40. The van der Waals surface area contributed by atoms with E-state index >= 15 is 0 Å². The summed E-state index contributed by atoms with van der Waals surface area (Å²) in [7, 11) is 0. The molecule has 1 heterocycles. The summed E-state index contributed by atoms with van der Waals surface area (Å²) < 4.78 is 5.89. The van der Waals surface area contributed by atoms with Crippen LogP contribution >= 0.6 is 0 Å². The summed E-state index contributed by atoms with van der Waals surface area (Å²) in [6.45, 7) is 2.02. The molecule has 0 aliphatic rings. The smallest absolute Gasteiger partial charge is 0.227 e. The minimum Gasteiger partial charge on any atom is -0.507 e. The Labute approximate surface area is 167 Å². The highest BCUT2D eigenvalue weighted by Gasteiger charge is 2.09. The number of aromatic nitrogens is 1. The lowest BCUT2D eigenvalue weighted by molar-refractivity contribution is 0.475. The molecule has 0 unspecified atom stereocenters. The molecule has 0 fully saturated rings. The van der Waals surface area contributed by atoms with Crippen molar-refractivity contribution in [1.29, 1.82) is 0 Å². The zero-order valence-electron chi connectivity index (χ0n) is 15.8. The van der Waals surface area contributed by atoms with Crippen molar-refractivity contribution in [3.8, 4) is 17.2 Å². The standard InChI is InChI=1S/C25H18N2O2/c1-16-5-4-8-23-24(16)27-25(29-23)18-9-12-19(13-10-18)26-15-21-20-7-3-2-6-17(20)11-14-22(21)28/h2-15,28H,1H3. The summed E-state index contributed by atoms with van der Waals surface area (Å²) in [5.41, 5.74) is 5.15. The Balaban J connectivity index is 1.46. The second-order valence-electron chi connectivity index (χ2n) is 6.97. The monoisotopic (exact) mass is 378 g/mol. The fourth-order valence-electron chi connectivity index (χ4n) is 3.46. The van der Waals surface area contributed by atoms with Gasteiger partial charge in [0.05, 0.1) is 5.69 Å². The summed E-state index contributed by atoms with van der Waals surface area (Å²) in [6.07, 6.45) is 1.70. The topological polar surface area (TPSA) is 58.6 Å². The first-order chi connectivity index (χ1) is 14.2. The fraction of sp³-hybridized carbons (Fsp3) is 0.0400. The quantitative estimate of drug-likeness (QED) is 0.369. The number of aliphatic imine (C=N–C) groups is 1. The van der Waals surface area contributed by atoms with E-state index in [1.165, 1.54) is 0 Å². The zero-order valence-corrected chi connectivity index (χ0v) is 15.8. The molecular formula is C25H18N2O2. The van der Waals surface area contributed by atoms with E-state index in [0.717, 1.165) is 38.7 Å². The first kappa shape index (κ1) is 17.2. The minimum absolute atomic E-state index is 0.214. The summed E-state index contributed by atoms with van der Waals surface area (Å²) in [6, 6.07) is 25.1. The number of aromatic hydroxyl groups is 1. The molecule has 4 aromatic carbocycles. The molecule has 5 aromatic rings. The van der Waals surface area contributed by atoms with Crippen molar-refractivity contribution in [3.63, 3.8) is 0 Å². The molecule has 29 heavy (non-hydrogen) atoms. The SMILES string of the molecule is Cc1cccc2oc(-c3ccc(N=Cc4c(O)ccc5ccccc45)cc3)nc12. The summed E-state index contributed by atoms with van der Waals surface area (Å²) >= 11 is 0. The van der Waals surface area contributed by atoms with Crippen LogP contribution in [0.5, 0.6) is 5.75 Å². The molecule has 0 spiro atoms. The highest BCUT2D eigenvalue weighted by Crippen LogP contribution is 2.29. The van der Waals surface area contributed by atoms with Crippen LogP contribution in [-0.2, 0) is 0 Å². The van der Waals surface area contributed by atoms with Gasteiger partial charge in [0.2, 0.25) is 5.89 Å². The Kier molecular flexibility index (Phi) is 4.10. The predicted octanol–water partition coefficient (Wildman–Crippen LogP) is 6.41. The van der Waals surface area contributed by atoms with Crippen LogP contribution in [0.3, 0.4) is 0 Å². The van der Waals surface area contributed by atoms with Gasteiger partial charge in [0, 0.05) is 17.3 Å². The summed E-state index contributed by atoms with van der Waals surface area (Å²) in [5, 5.41) is 12.3. The molecule has 0 saturated carbocycles. The number of hydrogen-bond donors (Lipinski definition) is 1. The molecule has 5 rings (SSSR count). The normalized spacial score (nSPS) is 11.6. The molecule has 0 amide bonds. The maximum absolute atomic E-state index is 10.3. The largest absolute Gasteiger partial charge is 0.507 e. The third-order valence-corrected chi connectivity index (χ3v) is 5.03. The van der Waals surface area contributed by atoms with Crippen molar-refractivity contribution in [1.82, 2.24) is 4.98 Å². The highest BCUT2D eigenvalue weighted by atomic mass is 16.3. The van der Waals surface area contributed by atoms with Gasteiger partial charge < -0.3 is 9.52 Å². The van der Waals surface area contributed by atoms with E-state index in [9.17, 15) is 5.11 Å². The second-order valence-corrected chi connectivity index (χ2v) is 6.97. The Bertz CT molecular complexity index is 1370. The number of nitrogens with zero attached hydrogens (tertiary/aromatic N) is 2. The molecule has 0 bridgehead atoms. The van der Waals surface area contributed by atoms with E-state index in [4.69, 9.17) is 4.42 Å². The van der Waals surface area contributed by atoms with Crippen LogP contribution in [0.4, 0.5) is 5.69 Å². The average molecular weight is 378 g/mol. The Morgan fingerprint density at radius 2 is 1.72 bits per heavy atom. The number of fused-ring (bicyclic) bond motifs is 2. The third kappa shape index (κ3) is 3.15. The van der Waals surface area contributed by atoms with E-state index in [1.54, 1.807) is 12.3 Å². The van der Waals surface area contributed by atoms with Gasteiger partial charge in [-0.15, -0.1) is 0 Å². The maximum Gasteiger partial charge on any atom is 0.227 e. The first-order valence-electron chi connectivity index (χ1n) is 9.40. The van der Waals surface area contributed by atoms with Gasteiger partial charge in [-0.3, -0.25) is 4.99 Å². The zero-order chi connectivity index (χ0) is 19.8. The number of phenolic OH excluding ortho intramolecular Hbond substituents is 1. The van der Waals surface area contributed by atoms with Gasteiger partial charge in [0.25, 0.3) is 0 Å². The second kappa shape index (κ2) is 6.91. The number of rotatable bonds is 3. The highest BCUT2D eigenvalue weighted by molar-refractivity contribution is 6.03. The minimum atomic E-state index is 0.214. The van der Waals surface area contributed by atoms with Crippen molar-refractivity contribution < 1.29 is 9.52 Å². The lowest BCUT2D eigenvalue weighted by atomic mass is 10.0. The van der Waals surface area contributed by atoms with Crippen LogP contribution in [0, 0.1) is 6.92 Å². The molecule has 0 saturated heterocycles. The van der Waals surface area contributed by atoms with Gasteiger partial charge in [-0.05, 0) is 59.7 Å². The van der Waals surface area contributed by atoms with E-state index in [2.05, 4.69) is 9.98 Å². The molecule has 0 atom stereocenters. The van der Waals surface area contributed by atoms with Gasteiger partial charge in [-0.1, -0.05) is 42.5 Å². The third-order valence-electron chi connectivity index (χ3n) is 5.03. The van der Waals surface area contributed by atoms with Gasteiger partial charge in [0.15, 0.2) is 5.58 Å². The Hall–Kier alpha value is -3.92. The maximum atomic E-state index is 10.3. The fourth-order valence-corrected chi connectivity index (χ4v) is 3.46. The Morgan fingerprint density at radius 1 is 0.897 bits per heavy atom. The summed E-state index contributed by atoms with van der Waals surface area (Å²) in [4.78, 5) is 9.16. The van der Waals surface area contributed by atoms with Crippen LogP contribution in [0.1, 0.15) is 11.1 Å². The number of aryl methyl sites for hydroxylation is 1. The number of para-hydroxylation sites is 1. The Morgan fingerprint density at radius 3 is 2.55 bits per heavy atom. The van der Waals surface area contributed by atoms with Gasteiger partial charge in [-0.2, -0.15) is 0 Å². The van der Waals surface area contributed by atoms with Crippen molar-refractivity contribution in [2.45, 2.75) is 6.92 Å². The van der Waals surface area contributed by atoms with Crippen LogP contribution in [-0.4, -0.2) is 16.3 Å². The molecular weight excluding hydrogens is 360 g/mol. The lowest BCUT2D eigenvalue weighted by Gasteiger charge is -2.04. The molecule has 1 N–H and O–H groups in total. The van der Waals surface area contributed by atoms with E-state index in [-0.39, 0.29) is 5.75 Å². The van der Waals surface area contributed by atoms with Crippen LogP contribution < -0.4 is 0 Å². The van der Waals surface area contributed by atoms with Crippen molar-refractivity contribution in [2.75, 3.05) is 0 Å². The molecule has 0 radical (unpaired) electrons. The van der Waals surface area contributed by atoms with Crippen molar-refractivity contribution >= 4 is 33.8 Å². The molecule has 0 aliphatic carbocycles. The van der Waals surface area contributed by atoms with Crippen LogP contribution in [0.25, 0.3) is 33.3 Å². The van der Waals surface area contributed by atoms with E-state index in [0.29, 0.717) is 11.5 Å².